The Bertz CT molecular complexity index is 1560. The molecular weight excluding hydrogens is 711 g/mol. The molecule has 0 spiro atoms. The van der Waals surface area contributed by atoms with E-state index in [2.05, 4.69) is 20.2 Å². The number of β-lactam (4-membered cyclic amide) rings is 1. The van der Waals surface area contributed by atoms with Crippen LogP contribution in [0, 0.1) is 11.8 Å². The summed E-state index contributed by atoms with van der Waals surface area (Å²) in [5, 5.41) is 37.5. The minimum atomic E-state index is -4.02. The number of sulfone groups is 1. The molecule has 4 saturated heterocycles. The number of carbonyl (C=O) groups excluding carboxylic acids is 4. The maximum Gasteiger partial charge on any atom is 1.00 e. The molecule has 0 bridgehead atoms. The second kappa shape index (κ2) is 15.5. The molecule has 1 aromatic heterocycles. The summed E-state index contributed by atoms with van der Waals surface area (Å²) in [5.74, 6) is -7.55. The van der Waals surface area contributed by atoms with Gasteiger partial charge in [0.15, 0.2) is 15.9 Å². The van der Waals surface area contributed by atoms with Crippen LogP contribution in [-0.4, -0.2) is 120 Å². The molecule has 246 valence electrons. The van der Waals surface area contributed by atoms with Crippen molar-refractivity contribution in [3.8, 4) is 0 Å². The van der Waals surface area contributed by atoms with Gasteiger partial charge in [-0.15, -0.1) is 16.9 Å². The SMILES string of the molecule is CC1(C)S[C@@H]2[C@H](N=CN3CCCCCC3)C(=O)N2[C@H]1C(=O)O.C[C@]1(Cn2nncc2C(=O)[O-])[C@H](C(=O)[O-])C2C(=O)CC2S1(=O)=O.[K+].[K+]. The average Bonchev–Trinajstić information content (AvgIpc) is 3.43. The summed E-state index contributed by atoms with van der Waals surface area (Å²) in [5.41, 5.74) is -0.482. The minimum absolute atomic E-state index is 0. The molecule has 7 atom stereocenters. The molecule has 1 N–H and O–H groups in total. The molecule has 20 heteroatoms. The first-order valence-electron chi connectivity index (χ1n) is 14.6. The number of nitrogens with zero attached hydrogens (tertiary/aromatic N) is 6. The van der Waals surface area contributed by atoms with Gasteiger partial charge < -0.3 is 34.7 Å². The Morgan fingerprint density at radius 2 is 1.72 bits per heavy atom. The van der Waals surface area contributed by atoms with Gasteiger partial charge in [0.1, 0.15) is 22.9 Å². The van der Waals surface area contributed by atoms with Crippen LogP contribution in [-0.2, 0) is 35.6 Å². The van der Waals surface area contributed by atoms with Crippen LogP contribution in [0.15, 0.2) is 11.2 Å². The molecule has 5 aliphatic rings. The number of thioether (sulfide) groups is 1. The number of Topliss-reactive ketones (excluding diaryl/α,β-unsaturated/α-hetero) is 1. The van der Waals surface area contributed by atoms with E-state index in [1.54, 1.807) is 11.8 Å². The molecule has 1 saturated carbocycles. The van der Waals surface area contributed by atoms with Gasteiger partial charge in [-0.3, -0.25) is 14.6 Å². The summed E-state index contributed by atoms with van der Waals surface area (Å²) < 4.78 is 23.7. The number of aliphatic carboxylic acids is 2. The summed E-state index contributed by atoms with van der Waals surface area (Å²) in [7, 11) is -4.02. The second-order valence-electron chi connectivity index (χ2n) is 12.7. The van der Waals surface area contributed by atoms with Crippen molar-refractivity contribution < 1.29 is 150 Å². The third kappa shape index (κ3) is 7.40. The van der Waals surface area contributed by atoms with E-state index in [0.717, 1.165) is 30.9 Å². The van der Waals surface area contributed by atoms with Crippen LogP contribution in [0.3, 0.4) is 0 Å². The summed E-state index contributed by atoms with van der Waals surface area (Å²) in [6, 6.07) is -1.17. The van der Waals surface area contributed by atoms with E-state index in [1.165, 1.54) is 30.6 Å². The van der Waals surface area contributed by atoms with Crippen LogP contribution >= 0.6 is 11.8 Å². The van der Waals surface area contributed by atoms with E-state index in [4.69, 9.17) is 0 Å². The maximum absolute atomic E-state index is 12.7. The van der Waals surface area contributed by atoms with Crippen molar-refractivity contribution in [2.45, 2.75) is 91.6 Å². The number of hydrogen-bond donors (Lipinski definition) is 1. The Morgan fingerprint density at radius 1 is 1.11 bits per heavy atom. The molecule has 5 heterocycles. The van der Waals surface area contributed by atoms with Crippen LogP contribution < -0.4 is 113 Å². The Hall–Kier alpha value is -0.267. The summed E-state index contributed by atoms with van der Waals surface area (Å²) in [6.07, 6.45) is 7.30. The number of aromatic nitrogens is 3. The normalized spacial score (nSPS) is 33.1. The van der Waals surface area contributed by atoms with Gasteiger partial charge in [-0.2, -0.15) is 0 Å². The zero-order valence-electron chi connectivity index (χ0n) is 26.9. The minimum Gasteiger partial charge on any atom is -0.550 e. The predicted octanol–water partition coefficient (Wildman–Crippen LogP) is -8.43. The maximum atomic E-state index is 12.7. The number of carboxylic acid groups (broad SMARTS) is 3. The van der Waals surface area contributed by atoms with Crippen molar-refractivity contribution in [2.75, 3.05) is 13.1 Å². The van der Waals surface area contributed by atoms with Crippen LogP contribution in [0.1, 0.15) is 63.4 Å². The largest absolute Gasteiger partial charge is 1.00 e. The quantitative estimate of drug-likeness (QED) is 0.118. The van der Waals surface area contributed by atoms with Crippen LogP contribution in [0.25, 0.3) is 0 Å². The van der Waals surface area contributed by atoms with Gasteiger partial charge >= 0.3 is 109 Å². The summed E-state index contributed by atoms with van der Waals surface area (Å²) in [4.78, 5) is 66.1. The van der Waals surface area contributed by atoms with E-state index in [-0.39, 0.29) is 120 Å². The summed E-state index contributed by atoms with van der Waals surface area (Å²) in [6.45, 7) is 6.35. The molecule has 6 rings (SSSR count). The van der Waals surface area contributed by atoms with Gasteiger partial charge in [0.2, 0.25) is 0 Å². The third-order valence-corrected chi connectivity index (χ3v) is 14.0. The van der Waals surface area contributed by atoms with Crippen molar-refractivity contribution in [1.82, 2.24) is 24.8 Å². The molecule has 1 amide bonds. The van der Waals surface area contributed by atoms with Gasteiger partial charge in [-0.1, -0.05) is 18.1 Å². The van der Waals surface area contributed by atoms with Crippen molar-refractivity contribution in [3.63, 3.8) is 0 Å². The van der Waals surface area contributed by atoms with Crippen LogP contribution in [0.5, 0.6) is 0 Å². The zero-order chi connectivity index (χ0) is 33.1. The molecule has 16 nitrogen and oxygen atoms in total. The van der Waals surface area contributed by atoms with E-state index in [9.17, 15) is 47.7 Å². The third-order valence-electron chi connectivity index (χ3n) is 9.46. The van der Waals surface area contributed by atoms with Crippen molar-refractivity contribution in [2.24, 2.45) is 16.8 Å². The Balaban J connectivity index is 0.000000245. The number of carboxylic acids is 3. The van der Waals surface area contributed by atoms with Gasteiger partial charge in [0.05, 0.1) is 35.0 Å². The van der Waals surface area contributed by atoms with Crippen molar-refractivity contribution in [3.05, 3.63) is 11.9 Å². The number of aliphatic imine (C=N–C) groups is 1. The van der Waals surface area contributed by atoms with Crippen LogP contribution in [0.2, 0.25) is 0 Å². The topological polar surface area (TPSA) is 235 Å². The second-order valence-corrected chi connectivity index (χ2v) is 17.1. The standard InChI is InChI=1S/C15H23N3O3S.C12H13N3O7S.2K/c1-15(2)11(14(20)21)18-12(19)10(13(18)22-15)16-9-17-7-5-3-4-6-8-17;1-12(4-15-5(10(17)18)3-13-14-15)9(11(19)20)8-6(16)2-7(8)23(12,21)22;;/h9-11,13H,3-8H2,1-2H3,(H,20,21);3,7-9H,2,4H2,1H3,(H,17,18)(H,19,20);;/q;;2*+1/p-2/t10-,11+,13-;7?,8?,9-,12-;;/m10../s1. The van der Waals surface area contributed by atoms with Crippen molar-refractivity contribution in [1.29, 1.82) is 0 Å². The first-order chi connectivity index (χ1) is 21.0. The number of aromatic carboxylic acids is 1. The molecule has 2 unspecified atom stereocenters. The number of amides is 1. The molecule has 5 fully saturated rings. The Kier molecular flexibility index (Phi) is 13.6. The number of fused-ring (bicyclic) bond motifs is 2. The fourth-order valence-electron chi connectivity index (χ4n) is 7.03. The number of carbonyl (C=O) groups is 5. The molecule has 1 aromatic rings. The molecule has 47 heavy (non-hydrogen) atoms. The van der Waals surface area contributed by atoms with E-state index < -0.39 is 84.4 Å². The first kappa shape index (κ1) is 41.2. The van der Waals surface area contributed by atoms with Gasteiger partial charge in [-0.25, -0.2) is 17.9 Å². The number of rotatable bonds is 7. The molecule has 0 aromatic carbocycles. The van der Waals surface area contributed by atoms with E-state index >= 15 is 0 Å². The average molecular weight is 745 g/mol. The first-order valence-corrected chi connectivity index (χ1v) is 17.0. The van der Waals surface area contributed by atoms with Gasteiger partial charge in [-0.05, 0) is 33.6 Å². The monoisotopic (exact) mass is 744 g/mol. The van der Waals surface area contributed by atoms with Gasteiger partial charge in [0.25, 0.3) is 5.91 Å². The number of hydrogen-bond acceptors (Lipinski definition) is 13. The molecule has 1 aliphatic carbocycles. The fraction of sp³-hybridized carbons (Fsp3) is 0.704. The predicted molar refractivity (Wildman–Crippen MR) is 153 cm³/mol. The smallest absolute Gasteiger partial charge is 0.550 e. The molecule has 4 aliphatic heterocycles. The molecule has 0 radical (unpaired) electrons. The fourth-order valence-corrected chi connectivity index (χ4v) is 11.3. The van der Waals surface area contributed by atoms with Crippen LogP contribution in [0.4, 0.5) is 0 Å². The van der Waals surface area contributed by atoms with E-state index in [0.29, 0.717) is 0 Å². The zero-order valence-corrected chi connectivity index (χ0v) is 34.8. The van der Waals surface area contributed by atoms with E-state index in [1.807, 2.05) is 20.2 Å². The molecular formula is C27H34K2N6O10S2. The number of ketones is 1. The number of likely N-dealkylation sites (tertiary alicyclic amines) is 1. The Labute approximate surface area is 361 Å². The summed E-state index contributed by atoms with van der Waals surface area (Å²) >= 11 is 1.55. The van der Waals surface area contributed by atoms with Gasteiger partial charge in [0, 0.05) is 42.1 Å². The Morgan fingerprint density at radius 3 is 2.26 bits per heavy atom. The van der Waals surface area contributed by atoms with Crippen molar-refractivity contribution >= 4 is 57.5 Å².